The van der Waals surface area contributed by atoms with E-state index in [9.17, 15) is 22.8 Å². The molecule has 2 aromatic rings. The molecule has 30 heavy (non-hydrogen) atoms. The zero-order valence-corrected chi connectivity index (χ0v) is 18.1. The lowest BCUT2D eigenvalue weighted by Crippen LogP contribution is -2.33. The molecule has 0 radical (unpaired) electrons. The van der Waals surface area contributed by atoms with Gasteiger partial charge in [-0.25, -0.2) is 0 Å². The Morgan fingerprint density at radius 3 is 1.97 bits per heavy atom. The monoisotopic (exact) mass is 434 g/mol. The lowest BCUT2D eigenvalue weighted by atomic mass is 9.73. The summed E-state index contributed by atoms with van der Waals surface area (Å²) < 4.78 is 37.9. The molecule has 0 bridgehead atoms. The molecule has 2 nitrogen and oxygen atoms in total. The fourth-order valence-electron chi connectivity index (χ4n) is 4.31. The van der Waals surface area contributed by atoms with Crippen molar-refractivity contribution in [2.45, 2.75) is 57.0 Å². The predicted molar refractivity (Wildman–Crippen MR) is 113 cm³/mol. The lowest BCUT2D eigenvalue weighted by molar-refractivity contribution is -0.137. The molecule has 1 aliphatic carbocycles. The Bertz CT molecular complexity index is 907. The van der Waals surface area contributed by atoms with E-state index in [1.54, 1.807) is 0 Å². The average Bonchev–Trinajstić information content (AvgIpc) is 2.63. The number of carbonyl (C=O) groups excluding carboxylic acids is 2. The summed E-state index contributed by atoms with van der Waals surface area (Å²) >= 11 is 1.45. The van der Waals surface area contributed by atoms with Crippen molar-refractivity contribution in [3.63, 3.8) is 0 Å². The number of alkyl halides is 3. The maximum absolute atomic E-state index is 12.8. The minimum absolute atomic E-state index is 0.00532. The summed E-state index contributed by atoms with van der Waals surface area (Å²) in [6.45, 7) is 5.89. The first-order valence-corrected chi connectivity index (χ1v) is 11.0. The molecule has 1 fully saturated rings. The maximum atomic E-state index is 12.8. The van der Waals surface area contributed by atoms with Crippen molar-refractivity contribution in [2.75, 3.05) is 5.75 Å². The van der Waals surface area contributed by atoms with Crippen LogP contribution in [0.5, 0.6) is 0 Å². The highest BCUT2D eigenvalue weighted by Gasteiger charge is 2.37. The van der Waals surface area contributed by atoms with Crippen LogP contribution in [-0.4, -0.2) is 17.3 Å². The van der Waals surface area contributed by atoms with E-state index in [1.165, 1.54) is 23.9 Å². The summed E-state index contributed by atoms with van der Waals surface area (Å²) in [4.78, 5) is 26.4. The van der Waals surface area contributed by atoms with Gasteiger partial charge in [0.1, 0.15) is 17.5 Å². The van der Waals surface area contributed by atoms with Gasteiger partial charge in [-0.3, -0.25) is 9.59 Å². The minimum Gasteiger partial charge on any atom is -0.299 e. The van der Waals surface area contributed by atoms with Gasteiger partial charge in [0.2, 0.25) is 0 Å². The van der Waals surface area contributed by atoms with Gasteiger partial charge in [-0.05, 0) is 79.8 Å². The fraction of sp³-hybridized carbons (Fsp3) is 0.417. The van der Waals surface area contributed by atoms with Gasteiger partial charge in [0.05, 0.1) is 5.56 Å². The molecule has 2 aromatic carbocycles. The summed E-state index contributed by atoms with van der Waals surface area (Å²) in [5.41, 5.74) is 3.27. The van der Waals surface area contributed by atoms with Gasteiger partial charge in [0, 0.05) is 17.7 Å². The number of ketones is 2. The largest absolute Gasteiger partial charge is 0.416 e. The zero-order valence-electron chi connectivity index (χ0n) is 17.3. The molecule has 0 aliphatic heterocycles. The lowest BCUT2D eigenvalue weighted by Gasteiger charge is -2.28. The number of benzene rings is 2. The van der Waals surface area contributed by atoms with Gasteiger partial charge in [-0.2, -0.15) is 13.2 Å². The molecular weight excluding hydrogens is 409 g/mol. The Morgan fingerprint density at radius 2 is 1.47 bits per heavy atom. The highest BCUT2D eigenvalue weighted by Crippen LogP contribution is 2.37. The number of hydrogen-bond donors (Lipinski definition) is 0. The normalized spacial score (nSPS) is 19.9. The summed E-state index contributed by atoms with van der Waals surface area (Å²) in [5.74, 6) is -0.0561. The van der Waals surface area contributed by atoms with Crippen molar-refractivity contribution in [1.82, 2.24) is 0 Å². The van der Waals surface area contributed by atoms with Crippen LogP contribution >= 0.6 is 11.8 Å². The number of hydrogen-bond acceptors (Lipinski definition) is 3. The van der Waals surface area contributed by atoms with Crippen molar-refractivity contribution in [3.05, 3.63) is 64.2 Å². The smallest absolute Gasteiger partial charge is 0.299 e. The maximum Gasteiger partial charge on any atom is 0.416 e. The summed E-state index contributed by atoms with van der Waals surface area (Å²) in [7, 11) is 0. The number of Topliss-reactive ketones (excluding diaryl/α,β-unsaturated/α-hetero) is 2. The molecule has 0 unspecified atom stereocenters. The molecule has 160 valence electrons. The first kappa shape index (κ1) is 22.6. The Hall–Kier alpha value is -2.08. The van der Waals surface area contributed by atoms with Crippen LogP contribution in [0.25, 0.3) is 0 Å². The number of aryl methyl sites for hydroxylation is 3. The third-order valence-electron chi connectivity index (χ3n) is 5.63. The number of halogens is 3. The molecule has 0 aromatic heterocycles. The average molecular weight is 435 g/mol. The van der Waals surface area contributed by atoms with Gasteiger partial charge in [-0.1, -0.05) is 17.7 Å². The van der Waals surface area contributed by atoms with E-state index in [0.717, 1.165) is 39.3 Å². The summed E-state index contributed by atoms with van der Waals surface area (Å²) in [6, 6.07) is 9.10. The van der Waals surface area contributed by atoms with Gasteiger partial charge >= 0.3 is 6.18 Å². The number of carbonyl (C=O) groups is 2. The van der Waals surface area contributed by atoms with Crippen molar-refractivity contribution in [2.24, 2.45) is 5.92 Å². The molecule has 3 rings (SSSR count). The quantitative estimate of drug-likeness (QED) is 0.401. The van der Waals surface area contributed by atoms with E-state index < -0.39 is 17.7 Å². The van der Waals surface area contributed by atoms with Gasteiger partial charge < -0.3 is 0 Å². The van der Waals surface area contributed by atoms with Crippen LogP contribution in [0.1, 0.15) is 53.0 Å². The van der Waals surface area contributed by atoms with Crippen molar-refractivity contribution >= 4 is 23.3 Å². The van der Waals surface area contributed by atoms with Crippen LogP contribution in [-0.2, 0) is 15.8 Å². The Morgan fingerprint density at radius 1 is 0.933 bits per heavy atom. The SMILES string of the molecule is Cc1cc(C)c(C2C(=O)CC(CCSc3ccc(C(F)(F)F)cc3)CC2=O)c(C)c1. The standard InChI is InChI=1S/C24H25F3O2S/c1-14-10-15(2)22(16(3)11-14)23-20(28)12-17(13-21(23)29)8-9-30-19-6-4-18(5-7-19)24(25,26)27/h4-7,10-11,17,23H,8-9,12-13H2,1-3H3. The first-order chi connectivity index (χ1) is 14.1. The number of rotatable bonds is 5. The van der Waals surface area contributed by atoms with E-state index in [-0.39, 0.29) is 17.5 Å². The molecule has 1 aliphatic rings. The topological polar surface area (TPSA) is 34.1 Å². The Labute approximate surface area is 179 Å². The molecule has 1 saturated carbocycles. The Kier molecular flexibility index (Phi) is 6.75. The van der Waals surface area contributed by atoms with Gasteiger partial charge in [-0.15, -0.1) is 11.8 Å². The van der Waals surface area contributed by atoms with Gasteiger partial charge in [0.15, 0.2) is 0 Å². The second-order valence-electron chi connectivity index (χ2n) is 8.11. The highest BCUT2D eigenvalue weighted by molar-refractivity contribution is 7.99. The highest BCUT2D eigenvalue weighted by atomic mass is 32.2. The molecule has 0 heterocycles. The molecule has 0 atom stereocenters. The van der Waals surface area contributed by atoms with Crippen LogP contribution in [0.4, 0.5) is 13.2 Å². The molecule has 0 N–H and O–H groups in total. The number of thioether (sulfide) groups is 1. The van der Waals surface area contributed by atoms with Crippen LogP contribution in [0.2, 0.25) is 0 Å². The summed E-state index contributed by atoms with van der Waals surface area (Å²) in [5, 5.41) is 0. The second-order valence-corrected chi connectivity index (χ2v) is 9.28. The molecule has 0 saturated heterocycles. The third kappa shape index (κ3) is 5.15. The van der Waals surface area contributed by atoms with E-state index >= 15 is 0 Å². The molecule has 6 heteroatoms. The van der Waals surface area contributed by atoms with Crippen LogP contribution in [0.15, 0.2) is 41.3 Å². The van der Waals surface area contributed by atoms with Crippen LogP contribution in [0, 0.1) is 26.7 Å². The van der Waals surface area contributed by atoms with E-state index in [2.05, 4.69) is 0 Å². The minimum atomic E-state index is -4.34. The van der Waals surface area contributed by atoms with Crippen molar-refractivity contribution < 1.29 is 22.8 Å². The van der Waals surface area contributed by atoms with E-state index in [1.807, 2.05) is 32.9 Å². The van der Waals surface area contributed by atoms with Crippen LogP contribution < -0.4 is 0 Å². The van der Waals surface area contributed by atoms with Crippen molar-refractivity contribution in [1.29, 1.82) is 0 Å². The molecular formula is C24H25F3O2S. The fourth-order valence-corrected chi connectivity index (χ4v) is 5.33. The van der Waals surface area contributed by atoms with Crippen LogP contribution in [0.3, 0.4) is 0 Å². The molecule has 0 spiro atoms. The Balaban J connectivity index is 1.59. The summed E-state index contributed by atoms with van der Waals surface area (Å²) in [6.07, 6.45) is -2.91. The van der Waals surface area contributed by atoms with Gasteiger partial charge in [0.25, 0.3) is 0 Å². The molecule has 0 amide bonds. The first-order valence-electron chi connectivity index (χ1n) is 9.99. The van der Waals surface area contributed by atoms with Crippen molar-refractivity contribution in [3.8, 4) is 0 Å². The van der Waals surface area contributed by atoms with E-state index in [4.69, 9.17) is 0 Å². The predicted octanol–water partition coefficient (Wildman–Crippen LogP) is 6.44. The third-order valence-corrected chi connectivity index (χ3v) is 6.67. The zero-order chi connectivity index (χ0) is 22.1. The second kappa shape index (κ2) is 8.96. The van der Waals surface area contributed by atoms with E-state index in [0.29, 0.717) is 25.0 Å².